The van der Waals surface area contributed by atoms with Gasteiger partial charge in [0.1, 0.15) is 29.5 Å². The van der Waals surface area contributed by atoms with Crippen molar-refractivity contribution in [1.82, 2.24) is 5.06 Å². The lowest BCUT2D eigenvalue weighted by atomic mass is 10.1. The first-order chi connectivity index (χ1) is 17.5. The highest BCUT2D eigenvalue weighted by molar-refractivity contribution is 5.73. The quantitative estimate of drug-likeness (QED) is 0.192. The molecule has 3 aromatic carbocycles. The Morgan fingerprint density at radius 3 is 2.17 bits per heavy atom. The average Bonchev–Trinajstić information content (AvgIpc) is 3.36. The number of ether oxygens (including phenoxy) is 3. The van der Waals surface area contributed by atoms with Crippen molar-refractivity contribution in [3.05, 3.63) is 96.3 Å². The second kappa shape index (κ2) is 11.9. The molecule has 1 saturated heterocycles. The van der Waals surface area contributed by atoms with E-state index in [2.05, 4.69) is 11.8 Å². The molecule has 0 spiro atoms. The van der Waals surface area contributed by atoms with E-state index in [1.165, 1.54) is 12.1 Å². The van der Waals surface area contributed by atoms with Gasteiger partial charge in [-0.25, -0.2) is 14.0 Å². The van der Waals surface area contributed by atoms with Gasteiger partial charge >= 0.3 is 12.2 Å². The highest BCUT2D eigenvalue weighted by Gasteiger charge is 2.29. The van der Waals surface area contributed by atoms with Crippen LogP contribution in [0, 0.1) is 17.7 Å². The number of benzene rings is 3. The molecule has 1 aliphatic rings. The zero-order chi connectivity index (χ0) is 25.3. The third kappa shape index (κ3) is 6.84. The summed E-state index contributed by atoms with van der Waals surface area (Å²) in [5, 5.41) is 0.720. The highest BCUT2D eigenvalue weighted by atomic mass is 19.1. The molecular formula is C28H24FNO6. The number of hydroxylamine groups is 2. The molecule has 7 nitrogen and oxygen atoms in total. The van der Waals surface area contributed by atoms with Gasteiger partial charge in [-0.05, 0) is 61.7 Å². The fourth-order valence-corrected chi connectivity index (χ4v) is 3.53. The van der Waals surface area contributed by atoms with Gasteiger partial charge in [-0.2, -0.15) is 0 Å². The lowest BCUT2D eigenvalue weighted by molar-refractivity contribution is -0.100. The molecule has 1 heterocycles. The van der Waals surface area contributed by atoms with Crippen molar-refractivity contribution in [2.24, 2.45) is 0 Å². The Labute approximate surface area is 208 Å². The first-order valence-electron chi connectivity index (χ1n) is 11.4. The van der Waals surface area contributed by atoms with Gasteiger partial charge in [0.05, 0.1) is 6.10 Å². The Hall–Kier alpha value is -4.35. The van der Waals surface area contributed by atoms with Gasteiger partial charge in [0.15, 0.2) is 0 Å². The Morgan fingerprint density at radius 1 is 0.917 bits per heavy atom. The van der Waals surface area contributed by atoms with Crippen LogP contribution in [0.5, 0.6) is 11.5 Å². The average molecular weight is 489 g/mol. The van der Waals surface area contributed by atoms with Crippen LogP contribution in [-0.2, 0) is 9.57 Å². The Bertz CT molecular complexity index is 1220. The zero-order valence-electron chi connectivity index (χ0n) is 19.5. The van der Waals surface area contributed by atoms with E-state index in [4.69, 9.17) is 19.0 Å². The maximum Gasteiger partial charge on any atom is 0.539 e. The normalized spacial score (nSPS) is 17.3. The zero-order valence-corrected chi connectivity index (χ0v) is 19.5. The largest absolute Gasteiger partial charge is 0.539 e. The fraction of sp³-hybridized carbons (Fsp3) is 0.214. The number of carbonyl (C=O) groups excluding carboxylic acids is 2. The van der Waals surface area contributed by atoms with E-state index in [9.17, 15) is 14.0 Å². The van der Waals surface area contributed by atoms with Crippen molar-refractivity contribution < 1.29 is 33.0 Å². The summed E-state index contributed by atoms with van der Waals surface area (Å²) < 4.78 is 29.6. The number of para-hydroxylation sites is 2. The molecule has 0 unspecified atom stereocenters. The molecule has 0 aliphatic carbocycles. The van der Waals surface area contributed by atoms with E-state index in [1.54, 1.807) is 79.7 Å². The predicted octanol–water partition coefficient (Wildman–Crippen LogP) is 6.07. The molecule has 3 aromatic rings. The van der Waals surface area contributed by atoms with Crippen LogP contribution in [0.15, 0.2) is 84.9 Å². The van der Waals surface area contributed by atoms with Crippen molar-refractivity contribution in [1.29, 1.82) is 0 Å². The summed E-state index contributed by atoms with van der Waals surface area (Å²) >= 11 is 0. The van der Waals surface area contributed by atoms with Crippen LogP contribution in [0.3, 0.4) is 0 Å². The molecule has 36 heavy (non-hydrogen) atoms. The standard InChI is InChI=1S/C28H24FNO6/c1-20(12-17-25-18-19-26(33-25)21-13-15-22(29)16-14-21)30(27(31)34-23-8-4-2-5-9-23)36-28(32)35-24-10-6-3-7-11-24/h2-11,13-16,20,25-26H,18-19H2,1H3/t20-,25+,26-/m1/s1. The number of amides is 1. The maximum absolute atomic E-state index is 13.2. The van der Waals surface area contributed by atoms with Gasteiger partial charge in [-0.1, -0.05) is 60.4 Å². The molecule has 1 amide bonds. The maximum atomic E-state index is 13.2. The molecular weight excluding hydrogens is 465 g/mol. The van der Waals surface area contributed by atoms with Gasteiger partial charge in [-0.15, -0.1) is 5.06 Å². The first-order valence-corrected chi connectivity index (χ1v) is 11.4. The van der Waals surface area contributed by atoms with Crippen molar-refractivity contribution in [3.63, 3.8) is 0 Å². The van der Waals surface area contributed by atoms with E-state index >= 15 is 0 Å². The summed E-state index contributed by atoms with van der Waals surface area (Å²) in [6.07, 6.45) is -1.27. The molecule has 0 N–H and O–H groups in total. The second-order valence-electron chi connectivity index (χ2n) is 7.97. The summed E-state index contributed by atoms with van der Waals surface area (Å²) in [7, 11) is 0. The first kappa shape index (κ1) is 24.8. The van der Waals surface area contributed by atoms with Crippen LogP contribution in [-0.4, -0.2) is 29.5 Å². The van der Waals surface area contributed by atoms with Gasteiger partial charge in [0.2, 0.25) is 0 Å². The lowest BCUT2D eigenvalue weighted by Gasteiger charge is -2.22. The van der Waals surface area contributed by atoms with Crippen LogP contribution < -0.4 is 9.47 Å². The Balaban J connectivity index is 1.43. The fourth-order valence-electron chi connectivity index (χ4n) is 3.53. The Kier molecular flexibility index (Phi) is 8.16. The smallest absolute Gasteiger partial charge is 0.408 e. The van der Waals surface area contributed by atoms with Crippen LogP contribution in [0.25, 0.3) is 0 Å². The summed E-state index contributed by atoms with van der Waals surface area (Å²) in [5.74, 6) is 6.10. The molecule has 1 fully saturated rings. The molecule has 8 heteroatoms. The van der Waals surface area contributed by atoms with E-state index in [0.29, 0.717) is 6.42 Å². The number of hydrogen-bond acceptors (Lipinski definition) is 6. The molecule has 3 atom stereocenters. The monoisotopic (exact) mass is 489 g/mol. The Morgan fingerprint density at radius 2 is 1.53 bits per heavy atom. The number of hydrogen-bond donors (Lipinski definition) is 0. The molecule has 0 bridgehead atoms. The van der Waals surface area contributed by atoms with Gasteiger partial charge < -0.3 is 14.2 Å². The van der Waals surface area contributed by atoms with Crippen molar-refractivity contribution in [3.8, 4) is 23.3 Å². The molecule has 0 radical (unpaired) electrons. The third-order valence-electron chi connectivity index (χ3n) is 5.31. The number of nitrogens with zero attached hydrogens (tertiary/aromatic N) is 1. The van der Waals surface area contributed by atoms with Crippen LogP contribution in [0.4, 0.5) is 14.0 Å². The summed E-state index contributed by atoms with van der Waals surface area (Å²) in [6, 6.07) is 22.0. The number of rotatable bonds is 4. The van der Waals surface area contributed by atoms with E-state index in [0.717, 1.165) is 17.0 Å². The molecule has 0 saturated carbocycles. The van der Waals surface area contributed by atoms with E-state index < -0.39 is 24.4 Å². The van der Waals surface area contributed by atoms with Crippen molar-refractivity contribution >= 4 is 12.2 Å². The number of halogens is 1. The van der Waals surface area contributed by atoms with Crippen molar-refractivity contribution in [2.45, 2.75) is 38.0 Å². The molecule has 1 aliphatic heterocycles. The van der Waals surface area contributed by atoms with E-state index in [-0.39, 0.29) is 23.4 Å². The summed E-state index contributed by atoms with van der Waals surface area (Å²) in [5.41, 5.74) is 0.869. The van der Waals surface area contributed by atoms with E-state index in [1.807, 2.05) is 0 Å². The van der Waals surface area contributed by atoms with Crippen LogP contribution >= 0.6 is 0 Å². The predicted molar refractivity (Wildman–Crippen MR) is 128 cm³/mol. The van der Waals surface area contributed by atoms with Gasteiger partial charge in [0, 0.05) is 0 Å². The van der Waals surface area contributed by atoms with Crippen LogP contribution in [0.2, 0.25) is 0 Å². The lowest BCUT2D eigenvalue weighted by Crippen LogP contribution is -2.42. The van der Waals surface area contributed by atoms with Gasteiger partial charge in [0.25, 0.3) is 0 Å². The minimum atomic E-state index is -1.12. The topological polar surface area (TPSA) is 74.3 Å². The third-order valence-corrected chi connectivity index (χ3v) is 5.31. The van der Waals surface area contributed by atoms with Gasteiger partial charge in [-0.3, -0.25) is 4.84 Å². The molecule has 184 valence electrons. The SMILES string of the molecule is C[C@H](C#C[C@H]1CC[C@H](c2ccc(F)cc2)O1)N(OC(=O)Oc1ccccc1)C(=O)Oc1ccccc1. The molecule has 4 rings (SSSR count). The number of carbonyl (C=O) groups is 2. The minimum Gasteiger partial charge on any atom is -0.408 e. The minimum absolute atomic E-state index is 0.198. The van der Waals surface area contributed by atoms with Crippen LogP contribution in [0.1, 0.15) is 31.4 Å². The summed E-state index contributed by atoms with van der Waals surface area (Å²) in [6.45, 7) is 1.58. The van der Waals surface area contributed by atoms with Crippen molar-refractivity contribution in [2.75, 3.05) is 0 Å². The highest BCUT2D eigenvalue weighted by Crippen LogP contribution is 2.32. The molecule has 0 aromatic heterocycles. The second-order valence-corrected chi connectivity index (χ2v) is 7.97. The summed E-state index contributed by atoms with van der Waals surface area (Å²) in [4.78, 5) is 30.4.